The Labute approximate surface area is 77.4 Å². The third kappa shape index (κ3) is 5.43. The standard InChI is InChI=1S/C8H17NO4/c1-8(2,5-11)3-6(4-10)9-7(12)13/h6,9-11H,3-5H2,1-2H3,(H,12,13)/t6-/m1/s1. The zero-order valence-electron chi connectivity index (χ0n) is 7.95. The number of hydrogen-bond donors (Lipinski definition) is 4. The molecule has 0 bridgehead atoms. The van der Waals surface area contributed by atoms with E-state index in [1.54, 1.807) is 13.8 Å². The van der Waals surface area contributed by atoms with E-state index >= 15 is 0 Å². The molecule has 0 aliphatic carbocycles. The first kappa shape index (κ1) is 12.2. The number of amides is 1. The van der Waals surface area contributed by atoms with Gasteiger partial charge in [0, 0.05) is 6.61 Å². The summed E-state index contributed by atoms with van der Waals surface area (Å²) in [5.41, 5.74) is -0.379. The van der Waals surface area contributed by atoms with Crippen LogP contribution in [0, 0.1) is 5.41 Å². The zero-order valence-corrected chi connectivity index (χ0v) is 7.95. The molecule has 0 spiro atoms. The van der Waals surface area contributed by atoms with E-state index < -0.39 is 12.1 Å². The first-order valence-electron chi connectivity index (χ1n) is 4.12. The second kappa shape index (κ2) is 5.04. The number of aliphatic hydroxyl groups excluding tert-OH is 2. The Kier molecular flexibility index (Phi) is 4.72. The van der Waals surface area contributed by atoms with Crippen molar-refractivity contribution in [3.8, 4) is 0 Å². The summed E-state index contributed by atoms with van der Waals surface area (Å²) >= 11 is 0. The number of rotatable bonds is 5. The third-order valence-corrected chi connectivity index (χ3v) is 1.78. The molecule has 5 heteroatoms. The largest absolute Gasteiger partial charge is 0.465 e. The fourth-order valence-corrected chi connectivity index (χ4v) is 1.07. The Bertz CT molecular complexity index is 170. The van der Waals surface area contributed by atoms with E-state index in [2.05, 4.69) is 5.32 Å². The molecule has 0 saturated carbocycles. The number of aliphatic hydroxyl groups is 2. The Hall–Kier alpha value is -0.810. The van der Waals surface area contributed by atoms with Crippen molar-refractivity contribution in [1.29, 1.82) is 0 Å². The van der Waals surface area contributed by atoms with Gasteiger partial charge in [0.05, 0.1) is 12.6 Å². The van der Waals surface area contributed by atoms with E-state index in [0.717, 1.165) is 0 Å². The summed E-state index contributed by atoms with van der Waals surface area (Å²) in [6.07, 6.45) is -0.750. The molecule has 0 aromatic heterocycles. The Balaban J connectivity index is 4.04. The van der Waals surface area contributed by atoms with Crippen LogP contribution < -0.4 is 5.32 Å². The fourth-order valence-electron chi connectivity index (χ4n) is 1.07. The molecular weight excluding hydrogens is 174 g/mol. The van der Waals surface area contributed by atoms with Crippen LogP contribution in [0.4, 0.5) is 4.79 Å². The van der Waals surface area contributed by atoms with Crippen LogP contribution in [0.2, 0.25) is 0 Å². The van der Waals surface area contributed by atoms with E-state index in [-0.39, 0.29) is 18.6 Å². The molecule has 4 N–H and O–H groups in total. The van der Waals surface area contributed by atoms with Crippen LogP contribution in [0.3, 0.4) is 0 Å². The van der Waals surface area contributed by atoms with Gasteiger partial charge in [0.25, 0.3) is 0 Å². The van der Waals surface area contributed by atoms with E-state index in [9.17, 15) is 4.79 Å². The first-order chi connectivity index (χ1) is 5.91. The van der Waals surface area contributed by atoms with Crippen LogP contribution >= 0.6 is 0 Å². The highest BCUT2D eigenvalue weighted by Gasteiger charge is 2.23. The average molecular weight is 191 g/mol. The lowest BCUT2D eigenvalue weighted by Gasteiger charge is -2.26. The van der Waals surface area contributed by atoms with Crippen LogP contribution in [0.1, 0.15) is 20.3 Å². The van der Waals surface area contributed by atoms with Crippen molar-refractivity contribution in [1.82, 2.24) is 5.32 Å². The van der Waals surface area contributed by atoms with Gasteiger partial charge in [0.2, 0.25) is 0 Å². The van der Waals surface area contributed by atoms with Gasteiger partial charge < -0.3 is 20.6 Å². The van der Waals surface area contributed by atoms with E-state index in [1.807, 2.05) is 0 Å². The van der Waals surface area contributed by atoms with E-state index in [0.29, 0.717) is 6.42 Å². The molecule has 78 valence electrons. The summed E-state index contributed by atoms with van der Waals surface area (Å²) in [5, 5.41) is 28.3. The summed E-state index contributed by atoms with van der Waals surface area (Å²) < 4.78 is 0. The van der Waals surface area contributed by atoms with Crippen molar-refractivity contribution < 1.29 is 20.1 Å². The van der Waals surface area contributed by atoms with Crippen molar-refractivity contribution in [2.75, 3.05) is 13.2 Å². The monoisotopic (exact) mass is 191 g/mol. The lowest BCUT2D eigenvalue weighted by atomic mass is 9.87. The van der Waals surface area contributed by atoms with Crippen LogP contribution in [0.25, 0.3) is 0 Å². The summed E-state index contributed by atoms with van der Waals surface area (Å²) in [5.74, 6) is 0. The molecule has 0 rings (SSSR count). The molecule has 0 saturated heterocycles. The van der Waals surface area contributed by atoms with Crippen LogP contribution in [0.15, 0.2) is 0 Å². The maximum absolute atomic E-state index is 10.3. The molecule has 1 amide bonds. The van der Waals surface area contributed by atoms with Gasteiger partial charge >= 0.3 is 6.09 Å². The molecule has 0 unspecified atom stereocenters. The minimum atomic E-state index is -1.16. The van der Waals surface area contributed by atoms with Gasteiger partial charge in [-0.1, -0.05) is 13.8 Å². The molecule has 0 aliphatic heterocycles. The Morgan fingerprint density at radius 1 is 1.46 bits per heavy atom. The first-order valence-corrected chi connectivity index (χ1v) is 4.12. The molecule has 0 heterocycles. The zero-order chi connectivity index (χ0) is 10.5. The molecule has 1 atom stereocenters. The molecule has 0 aromatic rings. The summed E-state index contributed by atoms with van der Waals surface area (Å²) in [6, 6.07) is -0.514. The van der Waals surface area contributed by atoms with Gasteiger partial charge in [-0.3, -0.25) is 0 Å². The molecular formula is C8H17NO4. The van der Waals surface area contributed by atoms with Gasteiger partial charge in [0.15, 0.2) is 0 Å². The minimum Gasteiger partial charge on any atom is -0.465 e. The summed E-state index contributed by atoms with van der Waals surface area (Å²) in [7, 11) is 0. The van der Waals surface area contributed by atoms with Gasteiger partial charge in [-0.05, 0) is 11.8 Å². The van der Waals surface area contributed by atoms with E-state index in [1.165, 1.54) is 0 Å². The van der Waals surface area contributed by atoms with Gasteiger partial charge in [-0.25, -0.2) is 4.79 Å². The van der Waals surface area contributed by atoms with Crippen LogP contribution in [-0.4, -0.2) is 40.7 Å². The summed E-state index contributed by atoms with van der Waals surface area (Å²) in [4.78, 5) is 10.3. The van der Waals surface area contributed by atoms with Crippen LogP contribution in [0.5, 0.6) is 0 Å². The third-order valence-electron chi connectivity index (χ3n) is 1.78. The Morgan fingerprint density at radius 3 is 2.31 bits per heavy atom. The topological polar surface area (TPSA) is 89.8 Å². The highest BCUT2D eigenvalue weighted by atomic mass is 16.4. The summed E-state index contributed by atoms with van der Waals surface area (Å²) in [6.45, 7) is 3.32. The molecule has 0 radical (unpaired) electrons. The van der Waals surface area contributed by atoms with Crippen molar-refractivity contribution >= 4 is 6.09 Å². The number of carboxylic acid groups (broad SMARTS) is 1. The highest BCUT2D eigenvalue weighted by Crippen LogP contribution is 2.20. The average Bonchev–Trinajstić information content (AvgIpc) is 2.02. The molecule has 0 aliphatic rings. The normalized spacial score (nSPS) is 13.8. The van der Waals surface area contributed by atoms with Gasteiger partial charge in [-0.15, -0.1) is 0 Å². The SMILES string of the molecule is CC(C)(CO)C[C@H](CO)NC(=O)O. The van der Waals surface area contributed by atoms with Gasteiger partial charge in [-0.2, -0.15) is 0 Å². The van der Waals surface area contributed by atoms with Crippen molar-refractivity contribution in [3.05, 3.63) is 0 Å². The lowest BCUT2D eigenvalue weighted by molar-refractivity contribution is 0.115. The number of carbonyl (C=O) groups is 1. The Morgan fingerprint density at radius 2 is 2.00 bits per heavy atom. The maximum Gasteiger partial charge on any atom is 0.404 e. The predicted octanol–water partition coefficient (Wildman–Crippen LogP) is 0.0235. The van der Waals surface area contributed by atoms with Gasteiger partial charge in [0.1, 0.15) is 0 Å². The quantitative estimate of drug-likeness (QED) is 0.493. The fraction of sp³-hybridized carbons (Fsp3) is 0.875. The maximum atomic E-state index is 10.3. The van der Waals surface area contributed by atoms with Crippen molar-refractivity contribution in [2.24, 2.45) is 5.41 Å². The predicted molar refractivity (Wildman–Crippen MR) is 47.5 cm³/mol. The number of hydrogen-bond acceptors (Lipinski definition) is 3. The minimum absolute atomic E-state index is 0.0369. The molecule has 13 heavy (non-hydrogen) atoms. The van der Waals surface area contributed by atoms with Crippen molar-refractivity contribution in [2.45, 2.75) is 26.3 Å². The smallest absolute Gasteiger partial charge is 0.404 e. The van der Waals surface area contributed by atoms with E-state index in [4.69, 9.17) is 15.3 Å². The number of nitrogens with one attached hydrogen (secondary N) is 1. The van der Waals surface area contributed by atoms with Crippen molar-refractivity contribution in [3.63, 3.8) is 0 Å². The van der Waals surface area contributed by atoms with Crippen LogP contribution in [-0.2, 0) is 0 Å². The molecule has 0 fully saturated rings. The molecule has 5 nitrogen and oxygen atoms in total. The molecule has 0 aromatic carbocycles. The highest BCUT2D eigenvalue weighted by molar-refractivity contribution is 5.64. The lowest BCUT2D eigenvalue weighted by Crippen LogP contribution is -2.40. The second-order valence-corrected chi connectivity index (χ2v) is 3.86. The second-order valence-electron chi connectivity index (χ2n) is 3.86.